The summed E-state index contributed by atoms with van der Waals surface area (Å²) >= 11 is 16.7. The van der Waals surface area contributed by atoms with E-state index in [9.17, 15) is 13.2 Å². The molecule has 3 aromatic carbocycles. The van der Waals surface area contributed by atoms with Crippen molar-refractivity contribution in [2.24, 2.45) is 0 Å². The highest BCUT2D eigenvalue weighted by molar-refractivity contribution is 9.10. The van der Waals surface area contributed by atoms with Crippen LogP contribution in [0.25, 0.3) is 11.5 Å². The van der Waals surface area contributed by atoms with Crippen molar-refractivity contribution >= 4 is 72.5 Å². The van der Waals surface area contributed by atoms with Crippen molar-refractivity contribution < 1.29 is 17.6 Å². The Morgan fingerprint density at radius 1 is 1.02 bits per heavy atom. The lowest BCUT2D eigenvalue weighted by atomic mass is 10.00. The lowest BCUT2D eigenvalue weighted by Crippen LogP contribution is -2.49. The maximum absolute atomic E-state index is 14.4. The molecule has 214 valence electrons. The van der Waals surface area contributed by atoms with Crippen LogP contribution < -0.4 is 9.62 Å². The number of amides is 1. The summed E-state index contributed by atoms with van der Waals surface area (Å²) in [6.07, 6.45) is 0. The third-order valence-electron chi connectivity index (χ3n) is 6.63. The molecule has 0 saturated heterocycles. The molecule has 41 heavy (non-hydrogen) atoms. The minimum Gasteiger partial charge on any atom is -0.411 e. The Labute approximate surface area is 261 Å². The van der Waals surface area contributed by atoms with Gasteiger partial charge in [-0.25, -0.2) is 13.1 Å². The molecule has 1 amide bonds. The summed E-state index contributed by atoms with van der Waals surface area (Å²) < 4.78 is 33.4. The Hall–Kier alpha value is -2.41. The van der Waals surface area contributed by atoms with E-state index < -0.39 is 19.5 Å². The van der Waals surface area contributed by atoms with Gasteiger partial charge in [-0.2, -0.15) is 0 Å². The molecule has 5 rings (SSSR count). The molecule has 0 aliphatic carbocycles. The lowest BCUT2D eigenvalue weighted by molar-refractivity contribution is -0.120. The quantitative estimate of drug-likeness (QED) is 0.210. The number of benzene rings is 3. The molecule has 0 bridgehead atoms. The number of sulfonamides is 1. The van der Waals surface area contributed by atoms with Gasteiger partial charge in [-0.3, -0.25) is 4.79 Å². The van der Waals surface area contributed by atoms with Gasteiger partial charge in [-0.1, -0.05) is 69.5 Å². The van der Waals surface area contributed by atoms with Crippen molar-refractivity contribution in [3.63, 3.8) is 0 Å². The lowest BCUT2D eigenvalue weighted by Gasteiger charge is -2.29. The third-order valence-corrected chi connectivity index (χ3v) is 11.3. The van der Waals surface area contributed by atoms with Gasteiger partial charge in [0.15, 0.2) is 0 Å². The number of nitrogens with one attached hydrogen (secondary N) is 1. The SMILES string of the molecule is CC(C)(C)S(=O)(=O)NCC1(Sc2nnc(-c3ccc(Cl)c(Cl)c3)o2)C(=O)N(Cc2ccc(Br)cc2)c2ccccc21. The molecule has 1 N–H and O–H groups in total. The van der Waals surface area contributed by atoms with Gasteiger partial charge in [0.25, 0.3) is 5.22 Å². The van der Waals surface area contributed by atoms with Crippen LogP contribution in [-0.4, -0.2) is 35.8 Å². The maximum Gasteiger partial charge on any atom is 0.278 e. The fraction of sp³-hybridized carbons (Fsp3) is 0.250. The number of thioether (sulfide) groups is 1. The van der Waals surface area contributed by atoms with Crippen molar-refractivity contribution in [2.45, 2.75) is 42.0 Å². The van der Waals surface area contributed by atoms with Crippen LogP contribution >= 0.6 is 50.9 Å². The van der Waals surface area contributed by atoms with E-state index in [1.165, 1.54) is 0 Å². The van der Waals surface area contributed by atoms with Gasteiger partial charge in [0.1, 0.15) is 4.75 Å². The van der Waals surface area contributed by atoms with E-state index in [1.54, 1.807) is 43.9 Å². The van der Waals surface area contributed by atoms with Crippen molar-refractivity contribution in [1.29, 1.82) is 0 Å². The molecular formula is C28H25BrCl2N4O4S2. The van der Waals surface area contributed by atoms with Crippen LogP contribution in [-0.2, 0) is 26.1 Å². The highest BCUT2D eigenvalue weighted by atomic mass is 79.9. The van der Waals surface area contributed by atoms with Crippen molar-refractivity contribution in [3.8, 4) is 11.5 Å². The first kappa shape index (κ1) is 30.1. The molecule has 1 aliphatic rings. The Morgan fingerprint density at radius 2 is 1.73 bits per heavy atom. The van der Waals surface area contributed by atoms with Gasteiger partial charge in [0.05, 0.1) is 21.3 Å². The van der Waals surface area contributed by atoms with Crippen LogP contribution in [0.2, 0.25) is 10.0 Å². The molecule has 13 heteroatoms. The van der Waals surface area contributed by atoms with Gasteiger partial charge in [-0.05, 0) is 74.5 Å². The number of anilines is 1. The summed E-state index contributed by atoms with van der Waals surface area (Å²) in [6.45, 7) is 4.85. The number of hydrogen-bond donors (Lipinski definition) is 1. The summed E-state index contributed by atoms with van der Waals surface area (Å²) in [6, 6.07) is 19.9. The van der Waals surface area contributed by atoms with E-state index in [0.717, 1.165) is 21.8 Å². The van der Waals surface area contributed by atoms with Crippen molar-refractivity contribution in [3.05, 3.63) is 92.4 Å². The fourth-order valence-electron chi connectivity index (χ4n) is 4.29. The van der Waals surface area contributed by atoms with Gasteiger partial charge in [0.2, 0.25) is 21.8 Å². The Bertz CT molecular complexity index is 1730. The molecule has 0 radical (unpaired) electrons. The highest BCUT2D eigenvalue weighted by Crippen LogP contribution is 2.52. The summed E-state index contributed by atoms with van der Waals surface area (Å²) in [5.41, 5.74) is 2.77. The second-order valence-electron chi connectivity index (χ2n) is 10.4. The Balaban J connectivity index is 1.57. The minimum atomic E-state index is -3.80. The number of para-hydroxylation sites is 1. The number of carbonyl (C=O) groups is 1. The van der Waals surface area contributed by atoms with Crippen LogP contribution in [0.1, 0.15) is 31.9 Å². The standard InChI is InChI=1S/C28H25BrCl2N4O4S2/c1-27(2,3)41(37,38)32-16-28(40-26-34-33-24(39-26)18-10-13-21(30)22(31)14-18)20-6-4-5-7-23(20)35(25(28)36)15-17-8-11-19(29)12-9-17/h4-14,32H,15-16H2,1-3H3. The van der Waals surface area contributed by atoms with Crippen molar-refractivity contribution in [2.75, 3.05) is 11.4 Å². The predicted octanol–water partition coefficient (Wildman–Crippen LogP) is 7.06. The normalized spacial score (nSPS) is 17.2. The first-order valence-electron chi connectivity index (χ1n) is 12.4. The number of carbonyl (C=O) groups excluding carboxylic acids is 1. The maximum atomic E-state index is 14.4. The largest absolute Gasteiger partial charge is 0.411 e. The average molecular weight is 696 g/mol. The van der Waals surface area contributed by atoms with Gasteiger partial charge < -0.3 is 9.32 Å². The van der Waals surface area contributed by atoms with E-state index >= 15 is 0 Å². The molecule has 0 saturated carbocycles. The summed E-state index contributed by atoms with van der Waals surface area (Å²) in [7, 11) is -3.80. The topological polar surface area (TPSA) is 105 Å². The molecule has 1 aliphatic heterocycles. The molecular weight excluding hydrogens is 671 g/mol. The van der Waals surface area contributed by atoms with E-state index in [0.29, 0.717) is 26.9 Å². The summed E-state index contributed by atoms with van der Waals surface area (Å²) in [5.74, 6) is -0.126. The molecule has 2 heterocycles. The molecule has 4 aromatic rings. The number of hydrogen-bond acceptors (Lipinski definition) is 7. The zero-order chi connectivity index (χ0) is 29.6. The predicted molar refractivity (Wildman–Crippen MR) is 166 cm³/mol. The monoisotopic (exact) mass is 694 g/mol. The molecule has 8 nitrogen and oxygen atoms in total. The van der Waals surface area contributed by atoms with Crippen LogP contribution in [0, 0.1) is 0 Å². The number of nitrogens with zero attached hydrogens (tertiary/aromatic N) is 3. The van der Waals surface area contributed by atoms with Crippen molar-refractivity contribution in [1.82, 2.24) is 14.9 Å². The number of halogens is 3. The van der Waals surface area contributed by atoms with E-state index in [-0.39, 0.29) is 30.1 Å². The molecule has 0 spiro atoms. The van der Waals surface area contributed by atoms with Gasteiger partial charge in [0, 0.05) is 27.8 Å². The zero-order valence-electron chi connectivity index (χ0n) is 22.2. The van der Waals surface area contributed by atoms with E-state index in [2.05, 4.69) is 30.8 Å². The number of aromatic nitrogens is 2. The second kappa shape index (κ2) is 11.3. The third kappa shape index (κ3) is 5.93. The van der Waals surface area contributed by atoms with Gasteiger partial charge >= 0.3 is 0 Å². The first-order valence-corrected chi connectivity index (χ1v) is 16.3. The zero-order valence-corrected chi connectivity index (χ0v) is 26.9. The fourth-order valence-corrected chi connectivity index (χ4v) is 6.91. The summed E-state index contributed by atoms with van der Waals surface area (Å²) in [4.78, 5) is 16.1. The smallest absolute Gasteiger partial charge is 0.278 e. The number of rotatable bonds is 8. The molecule has 1 atom stereocenters. The first-order chi connectivity index (χ1) is 19.3. The van der Waals surface area contributed by atoms with E-state index in [4.69, 9.17) is 27.6 Å². The molecule has 1 aromatic heterocycles. The summed E-state index contributed by atoms with van der Waals surface area (Å²) in [5, 5.41) is 9.14. The highest BCUT2D eigenvalue weighted by Gasteiger charge is 2.53. The average Bonchev–Trinajstić information content (AvgIpc) is 3.47. The van der Waals surface area contributed by atoms with Crippen LogP contribution in [0.15, 0.2) is 80.8 Å². The minimum absolute atomic E-state index is 0.0923. The Morgan fingerprint density at radius 3 is 2.41 bits per heavy atom. The van der Waals surface area contributed by atoms with Crippen LogP contribution in [0.5, 0.6) is 0 Å². The van der Waals surface area contributed by atoms with Crippen LogP contribution in [0.4, 0.5) is 5.69 Å². The Kier molecular flexibility index (Phi) is 8.32. The molecule has 0 fully saturated rings. The second-order valence-corrected chi connectivity index (χ2v) is 15.9. The van der Waals surface area contributed by atoms with Gasteiger partial charge in [-0.15, -0.1) is 10.2 Å². The van der Waals surface area contributed by atoms with Crippen LogP contribution in [0.3, 0.4) is 0 Å². The number of fused-ring (bicyclic) bond motifs is 1. The molecule has 1 unspecified atom stereocenters. The van der Waals surface area contributed by atoms with E-state index in [1.807, 2.05) is 48.5 Å².